The first kappa shape index (κ1) is 24.1. The van der Waals surface area contributed by atoms with E-state index in [0.717, 1.165) is 16.2 Å². The molecule has 2 aromatic carbocycles. The first-order valence-electron chi connectivity index (χ1n) is 10.5. The minimum atomic E-state index is -0.830. The Balaban J connectivity index is 1.87. The van der Waals surface area contributed by atoms with E-state index in [1.807, 2.05) is 53.9 Å². The van der Waals surface area contributed by atoms with Crippen LogP contribution in [-0.4, -0.2) is 37.5 Å². The molecule has 6 nitrogen and oxygen atoms in total. The predicted octanol–water partition coefficient (Wildman–Crippen LogP) is 4.38. The second-order valence-electron chi connectivity index (χ2n) is 7.34. The van der Waals surface area contributed by atoms with Crippen molar-refractivity contribution in [3.8, 4) is 11.5 Å². The van der Waals surface area contributed by atoms with E-state index in [2.05, 4.69) is 11.9 Å². The molecule has 33 heavy (non-hydrogen) atoms. The normalized spacial score (nSPS) is 11.3. The second kappa shape index (κ2) is 11.9. The maximum Gasteiger partial charge on any atom is 0.247 e. The van der Waals surface area contributed by atoms with Gasteiger partial charge in [0.15, 0.2) is 0 Å². The molecule has 0 fully saturated rings. The summed E-state index contributed by atoms with van der Waals surface area (Å²) >= 11 is 1.52. The lowest BCUT2D eigenvalue weighted by atomic mass is 10.0. The van der Waals surface area contributed by atoms with Crippen LogP contribution in [0.15, 0.2) is 78.7 Å². The molecule has 1 aromatic heterocycles. The summed E-state index contributed by atoms with van der Waals surface area (Å²) in [6.07, 6.45) is 1.86. The monoisotopic (exact) mass is 464 g/mol. The van der Waals surface area contributed by atoms with Crippen LogP contribution in [0.25, 0.3) is 0 Å². The molecular weight excluding hydrogens is 436 g/mol. The first-order chi connectivity index (χ1) is 16.0. The summed E-state index contributed by atoms with van der Waals surface area (Å²) in [6, 6.07) is 17.7. The number of amides is 2. The van der Waals surface area contributed by atoms with Gasteiger partial charge in [0, 0.05) is 18.0 Å². The average molecular weight is 465 g/mol. The Labute approximate surface area is 198 Å². The summed E-state index contributed by atoms with van der Waals surface area (Å²) in [4.78, 5) is 29.2. The number of hydrogen-bond acceptors (Lipinski definition) is 5. The number of nitrogens with zero attached hydrogens (tertiary/aromatic N) is 1. The van der Waals surface area contributed by atoms with E-state index in [1.165, 1.54) is 11.3 Å². The number of thiophene rings is 1. The highest BCUT2D eigenvalue weighted by molar-refractivity contribution is 7.10. The van der Waals surface area contributed by atoms with Crippen molar-refractivity contribution in [2.75, 3.05) is 20.8 Å². The lowest BCUT2D eigenvalue weighted by Crippen LogP contribution is -2.44. The van der Waals surface area contributed by atoms with E-state index in [1.54, 1.807) is 37.3 Å². The molecule has 1 atom stereocenters. The molecule has 0 aliphatic heterocycles. The summed E-state index contributed by atoms with van der Waals surface area (Å²) in [5, 5.41) is 4.91. The molecular formula is C26H28N2O4S. The Morgan fingerprint density at radius 2 is 1.82 bits per heavy atom. The van der Waals surface area contributed by atoms with Crippen molar-refractivity contribution in [2.45, 2.75) is 19.0 Å². The maximum absolute atomic E-state index is 13.5. The van der Waals surface area contributed by atoms with Gasteiger partial charge in [-0.15, -0.1) is 17.9 Å². The molecule has 2 amide bonds. The molecule has 0 aliphatic carbocycles. The molecule has 172 valence electrons. The summed E-state index contributed by atoms with van der Waals surface area (Å²) < 4.78 is 10.5. The van der Waals surface area contributed by atoms with Crippen LogP contribution in [0.2, 0.25) is 0 Å². The Bertz CT molecular complexity index is 1060. The van der Waals surface area contributed by atoms with Crippen LogP contribution in [-0.2, 0) is 22.6 Å². The molecule has 0 spiro atoms. The van der Waals surface area contributed by atoms with E-state index in [0.29, 0.717) is 17.9 Å². The summed E-state index contributed by atoms with van der Waals surface area (Å²) in [7, 11) is 3.18. The number of carbonyl (C=O) groups excluding carboxylic acids is 2. The fourth-order valence-corrected chi connectivity index (χ4v) is 4.16. The first-order valence-corrected chi connectivity index (χ1v) is 11.4. The zero-order valence-corrected chi connectivity index (χ0v) is 19.6. The van der Waals surface area contributed by atoms with E-state index in [-0.39, 0.29) is 24.8 Å². The standard InChI is InChI=1S/C26H28N2O4S/c1-4-14-28(24(29)17-23-9-6-15-33-23)25(20-7-5-8-22(16-20)32-3)26(30)27-18-19-10-12-21(31-2)13-11-19/h4-13,15-16,25H,1,14,17-18H2,2-3H3,(H,27,30). The second-order valence-corrected chi connectivity index (χ2v) is 8.37. The Hall–Kier alpha value is -3.58. The van der Waals surface area contributed by atoms with Crippen LogP contribution in [0.5, 0.6) is 11.5 Å². The third kappa shape index (κ3) is 6.46. The average Bonchev–Trinajstić information content (AvgIpc) is 3.36. The third-order valence-corrected chi connectivity index (χ3v) is 6.02. The molecule has 0 radical (unpaired) electrons. The van der Waals surface area contributed by atoms with Crippen LogP contribution >= 0.6 is 11.3 Å². The van der Waals surface area contributed by atoms with Crippen LogP contribution in [0.1, 0.15) is 22.0 Å². The lowest BCUT2D eigenvalue weighted by molar-refractivity contribution is -0.139. The number of rotatable bonds is 11. The highest BCUT2D eigenvalue weighted by atomic mass is 32.1. The smallest absolute Gasteiger partial charge is 0.247 e. The van der Waals surface area contributed by atoms with Crippen LogP contribution in [0, 0.1) is 0 Å². The fraction of sp³-hybridized carbons (Fsp3) is 0.231. The van der Waals surface area contributed by atoms with Gasteiger partial charge < -0.3 is 19.7 Å². The van der Waals surface area contributed by atoms with E-state index >= 15 is 0 Å². The topological polar surface area (TPSA) is 67.9 Å². The van der Waals surface area contributed by atoms with Crippen molar-refractivity contribution in [2.24, 2.45) is 0 Å². The number of nitrogens with one attached hydrogen (secondary N) is 1. The fourth-order valence-electron chi connectivity index (χ4n) is 3.47. The van der Waals surface area contributed by atoms with Crippen molar-refractivity contribution < 1.29 is 19.1 Å². The largest absolute Gasteiger partial charge is 0.497 e. The quantitative estimate of drug-likeness (QED) is 0.428. The molecule has 3 aromatic rings. The highest BCUT2D eigenvalue weighted by Crippen LogP contribution is 2.26. The minimum Gasteiger partial charge on any atom is -0.497 e. The van der Waals surface area contributed by atoms with Crippen molar-refractivity contribution in [3.63, 3.8) is 0 Å². The Kier molecular flexibility index (Phi) is 8.66. The zero-order chi connectivity index (χ0) is 23.6. The van der Waals surface area contributed by atoms with Gasteiger partial charge in [-0.25, -0.2) is 0 Å². The summed E-state index contributed by atoms with van der Waals surface area (Å²) in [6.45, 7) is 4.36. The van der Waals surface area contributed by atoms with Gasteiger partial charge in [0.1, 0.15) is 17.5 Å². The van der Waals surface area contributed by atoms with E-state index in [4.69, 9.17) is 9.47 Å². The molecule has 1 heterocycles. The van der Waals surface area contributed by atoms with Gasteiger partial charge in [0.05, 0.1) is 20.6 Å². The molecule has 0 aliphatic rings. The number of ether oxygens (including phenoxy) is 2. The highest BCUT2D eigenvalue weighted by Gasteiger charge is 2.31. The van der Waals surface area contributed by atoms with E-state index in [9.17, 15) is 9.59 Å². The SMILES string of the molecule is C=CCN(C(=O)Cc1cccs1)C(C(=O)NCc1ccc(OC)cc1)c1cccc(OC)c1. The van der Waals surface area contributed by atoms with Gasteiger partial charge in [-0.1, -0.05) is 36.4 Å². The molecule has 1 unspecified atom stereocenters. The Morgan fingerprint density at radius 3 is 2.45 bits per heavy atom. The number of hydrogen-bond donors (Lipinski definition) is 1. The summed E-state index contributed by atoms with van der Waals surface area (Å²) in [5.74, 6) is 0.936. The minimum absolute atomic E-state index is 0.148. The van der Waals surface area contributed by atoms with Crippen LogP contribution in [0.3, 0.4) is 0 Å². The molecule has 0 bridgehead atoms. The summed E-state index contributed by atoms with van der Waals surface area (Å²) in [5.41, 5.74) is 1.59. The number of benzene rings is 2. The van der Waals surface area contributed by atoms with Gasteiger partial charge in [-0.05, 0) is 46.8 Å². The molecule has 3 rings (SSSR count). The van der Waals surface area contributed by atoms with Crippen LogP contribution < -0.4 is 14.8 Å². The molecule has 0 saturated carbocycles. The Morgan fingerprint density at radius 1 is 1.06 bits per heavy atom. The van der Waals surface area contributed by atoms with Crippen molar-refractivity contribution in [3.05, 3.63) is 94.7 Å². The molecule has 1 N–H and O–H groups in total. The third-order valence-electron chi connectivity index (χ3n) is 5.15. The van der Waals surface area contributed by atoms with Crippen LogP contribution in [0.4, 0.5) is 0 Å². The molecule has 0 saturated heterocycles. The van der Waals surface area contributed by atoms with Gasteiger partial charge in [-0.3, -0.25) is 9.59 Å². The van der Waals surface area contributed by atoms with E-state index < -0.39 is 6.04 Å². The number of carbonyl (C=O) groups is 2. The van der Waals surface area contributed by atoms with Gasteiger partial charge in [0.2, 0.25) is 11.8 Å². The maximum atomic E-state index is 13.5. The van der Waals surface area contributed by atoms with Crippen molar-refractivity contribution >= 4 is 23.2 Å². The van der Waals surface area contributed by atoms with Gasteiger partial charge >= 0.3 is 0 Å². The molecule has 7 heteroatoms. The van der Waals surface area contributed by atoms with Crippen molar-refractivity contribution in [1.82, 2.24) is 10.2 Å². The van der Waals surface area contributed by atoms with Gasteiger partial charge in [-0.2, -0.15) is 0 Å². The zero-order valence-electron chi connectivity index (χ0n) is 18.8. The van der Waals surface area contributed by atoms with Crippen molar-refractivity contribution in [1.29, 1.82) is 0 Å². The van der Waals surface area contributed by atoms with Gasteiger partial charge in [0.25, 0.3) is 0 Å². The lowest BCUT2D eigenvalue weighted by Gasteiger charge is -2.30. The predicted molar refractivity (Wildman–Crippen MR) is 131 cm³/mol. The number of methoxy groups -OCH3 is 2.